The Bertz CT molecular complexity index is 1020. The fourth-order valence-electron chi connectivity index (χ4n) is 3.90. The first-order valence-electron chi connectivity index (χ1n) is 10.5. The molecule has 0 bridgehead atoms. The van der Waals surface area contributed by atoms with Crippen molar-refractivity contribution in [2.24, 2.45) is 0 Å². The van der Waals surface area contributed by atoms with Crippen LogP contribution in [0.5, 0.6) is 5.75 Å². The number of aliphatic carboxylic acids is 2. The van der Waals surface area contributed by atoms with Crippen LogP contribution in [0.15, 0.2) is 58.3 Å². The van der Waals surface area contributed by atoms with Crippen molar-refractivity contribution in [3.63, 3.8) is 0 Å². The standard InChI is InChI=1S/C20H23ClN2OS.C4H4O4/c1-22-7-9-23(10-8-22)17-11-14-5-3-4-6-19(14)25-20-16(17)12-15(21)13-18(20)24-2;5-3(6)1-2-4(7)8/h3-6,12-13,17H,7-11H2,1-2H3;1-2H,(H,5,6)(H,7,8)/b;2-1-. The van der Waals surface area contributed by atoms with Crippen molar-refractivity contribution in [3.05, 3.63) is 64.7 Å². The molecule has 7 nitrogen and oxygen atoms in total. The second-order valence-corrected chi connectivity index (χ2v) is 9.29. The van der Waals surface area contributed by atoms with E-state index in [1.165, 1.54) is 20.9 Å². The maximum Gasteiger partial charge on any atom is 0.328 e. The van der Waals surface area contributed by atoms with Crippen LogP contribution in [0.25, 0.3) is 0 Å². The smallest absolute Gasteiger partial charge is 0.328 e. The van der Waals surface area contributed by atoms with E-state index in [4.69, 9.17) is 26.6 Å². The highest BCUT2D eigenvalue weighted by molar-refractivity contribution is 7.99. The molecule has 9 heteroatoms. The van der Waals surface area contributed by atoms with Gasteiger partial charge in [-0.15, -0.1) is 0 Å². The minimum atomic E-state index is -1.26. The number of carboxylic acid groups (broad SMARTS) is 2. The Morgan fingerprint density at radius 3 is 2.33 bits per heavy atom. The fraction of sp³-hybridized carbons (Fsp3) is 0.333. The van der Waals surface area contributed by atoms with Gasteiger partial charge in [-0.05, 0) is 42.8 Å². The van der Waals surface area contributed by atoms with Gasteiger partial charge in [0.1, 0.15) is 5.75 Å². The summed E-state index contributed by atoms with van der Waals surface area (Å²) in [6, 6.07) is 13.1. The molecule has 0 amide bonds. The van der Waals surface area contributed by atoms with Crippen LogP contribution >= 0.6 is 23.4 Å². The molecule has 4 rings (SSSR count). The highest BCUT2D eigenvalue weighted by Gasteiger charge is 2.31. The summed E-state index contributed by atoms with van der Waals surface area (Å²) in [5, 5.41) is 16.4. The summed E-state index contributed by atoms with van der Waals surface area (Å²) in [7, 11) is 3.93. The lowest BCUT2D eigenvalue weighted by Crippen LogP contribution is -2.46. The number of methoxy groups -OCH3 is 1. The maximum absolute atomic E-state index is 9.55. The van der Waals surface area contributed by atoms with E-state index < -0.39 is 11.9 Å². The Labute approximate surface area is 202 Å². The molecule has 2 aromatic carbocycles. The molecule has 0 aliphatic carbocycles. The van der Waals surface area contributed by atoms with Gasteiger partial charge >= 0.3 is 11.9 Å². The summed E-state index contributed by atoms with van der Waals surface area (Å²) in [6.45, 7) is 4.39. The van der Waals surface area contributed by atoms with Crippen LogP contribution in [0.4, 0.5) is 0 Å². The van der Waals surface area contributed by atoms with E-state index in [1.807, 2.05) is 17.8 Å². The summed E-state index contributed by atoms with van der Waals surface area (Å²) in [6.07, 6.45) is 2.13. The van der Waals surface area contributed by atoms with E-state index >= 15 is 0 Å². The highest BCUT2D eigenvalue weighted by Crippen LogP contribution is 2.48. The zero-order chi connectivity index (χ0) is 24.0. The fourth-order valence-corrected chi connectivity index (χ4v) is 5.32. The van der Waals surface area contributed by atoms with Gasteiger partial charge < -0.3 is 19.8 Å². The molecule has 0 spiro atoms. The first-order valence-corrected chi connectivity index (χ1v) is 11.7. The van der Waals surface area contributed by atoms with Gasteiger partial charge in [-0.2, -0.15) is 0 Å². The number of carboxylic acids is 2. The number of halogens is 1. The van der Waals surface area contributed by atoms with E-state index in [1.54, 1.807) is 7.11 Å². The molecule has 0 aromatic heterocycles. The van der Waals surface area contributed by atoms with Gasteiger partial charge in [-0.25, -0.2) is 9.59 Å². The number of fused-ring (bicyclic) bond motifs is 2. The Kier molecular flexibility index (Phi) is 8.80. The van der Waals surface area contributed by atoms with Crippen LogP contribution in [0, 0.1) is 0 Å². The largest absolute Gasteiger partial charge is 0.496 e. The lowest BCUT2D eigenvalue weighted by Gasteiger charge is -2.38. The molecule has 2 heterocycles. The normalized spacial score (nSPS) is 18.5. The Morgan fingerprint density at radius 2 is 1.73 bits per heavy atom. The molecule has 1 fully saturated rings. The number of carbonyl (C=O) groups is 2. The molecule has 176 valence electrons. The molecule has 0 radical (unpaired) electrons. The minimum Gasteiger partial charge on any atom is -0.496 e. The third-order valence-corrected chi connectivity index (χ3v) is 7.05. The zero-order valence-electron chi connectivity index (χ0n) is 18.5. The van der Waals surface area contributed by atoms with Crippen molar-refractivity contribution in [2.75, 3.05) is 40.3 Å². The number of likely N-dealkylation sites (N-methyl/N-ethyl adjacent to an activating group) is 1. The SMILES string of the molecule is COc1cc(Cl)cc2c1Sc1ccccc1CC2N1CCN(C)CC1.O=C(O)/C=C\C(=O)O. The third kappa shape index (κ3) is 6.74. The first kappa shape index (κ1) is 25.1. The number of rotatable bonds is 4. The van der Waals surface area contributed by atoms with Gasteiger partial charge in [0.15, 0.2) is 0 Å². The van der Waals surface area contributed by atoms with E-state index in [9.17, 15) is 9.59 Å². The monoisotopic (exact) mass is 490 g/mol. The lowest BCUT2D eigenvalue weighted by atomic mass is 9.96. The number of hydrogen-bond acceptors (Lipinski definition) is 6. The molecule has 2 N–H and O–H groups in total. The van der Waals surface area contributed by atoms with E-state index in [-0.39, 0.29) is 0 Å². The van der Waals surface area contributed by atoms with Crippen LogP contribution in [-0.2, 0) is 16.0 Å². The summed E-state index contributed by atoms with van der Waals surface area (Å²) in [5.74, 6) is -1.64. The van der Waals surface area contributed by atoms with Gasteiger partial charge in [0.05, 0.1) is 12.0 Å². The predicted molar refractivity (Wildman–Crippen MR) is 128 cm³/mol. The van der Waals surface area contributed by atoms with Crippen molar-refractivity contribution >= 4 is 35.3 Å². The average molecular weight is 491 g/mol. The molecule has 2 aromatic rings. The highest BCUT2D eigenvalue weighted by atomic mass is 35.5. The molecule has 2 aliphatic heterocycles. The van der Waals surface area contributed by atoms with E-state index in [0.717, 1.165) is 43.4 Å². The summed E-state index contributed by atoms with van der Waals surface area (Å²) in [4.78, 5) is 26.6. The quantitative estimate of drug-likeness (QED) is 0.620. The zero-order valence-corrected chi connectivity index (χ0v) is 20.1. The van der Waals surface area contributed by atoms with Gasteiger partial charge in [0.25, 0.3) is 0 Å². The Balaban J connectivity index is 0.000000331. The van der Waals surface area contributed by atoms with Gasteiger partial charge in [0, 0.05) is 54.3 Å². The van der Waals surface area contributed by atoms with Gasteiger partial charge in [0.2, 0.25) is 0 Å². The van der Waals surface area contributed by atoms with Crippen LogP contribution < -0.4 is 4.74 Å². The second-order valence-electron chi connectivity index (χ2n) is 7.81. The number of nitrogens with zero attached hydrogens (tertiary/aromatic N) is 2. The molecule has 33 heavy (non-hydrogen) atoms. The number of ether oxygens (including phenoxy) is 1. The second kappa shape index (κ2) is 11.6. The molecule has 1 unspecified atom stereocenters. The summed E-state index contributed by atoms with van der Waals surface area (Å²) < 4.78 is 5.68. The number of hydrogen-bond donors (Lipinski definition) is 2. The first-order chi connectivity index (χ1) is 15.8. The predicted octanol–water partition coefficient (Wildman–Crippen LogP) is 4.06. The van der Waals surface area contributed by atoms with Crippen molar-refractivity contribution in [1.82, 2.24) is 9.80 Å². The Hall–Kier alpha value is -2.52. The molecule has 0 saturated carbocycles. The topological polar surface area (TPSA) is 90.3 Å². The molecule has 1 saturated heterocycles. The van der Waals surface area contributed by atoms with E-state index in [2.05, 4.69) is 47.2 Å². The van der Waals surface area contributed by atoms with E-state index in [0.29, 0.717) is 18.2 Å². The molecule has 2 aliphatic rings. The van der Waals surface area contributed by atoms with Crippen molar-refractivity contribution < 1.29 is 24.5 Å². The molecule has 1 atom stereocenters. The Morgan fingerprint density at radius 1 is 1.09 bits per heavy atom. The average Bonchev–Trinajstić information content (AvgIpc) is 2.95. The molecular formula is C24H27ClN2O5S. The molecular weight excluding hydrogens is 464 g/mol. The van der Waals surface area contributed by atoms with Gasteiger partial charge in [-0.1, -0.05) is 41.6 Å². The van der Waals surface area contributed by atoms with Crippen LogP contribution in [0.1, 0.15) is 17.2 Å². The van der Waals surface area contributed by atoms with Gasteiger partial charge in [-0.3, -0.25) is 4.90 Å². The van der Waals surface area contributed by atoms with Crippen molar-refractivity contribution in [3.8, 4) is 5.75 Å². The lowest BCUT2D eigenvalue weighted by molar-refractivity contribution is -0.134. The van der Waals surface area contributed by atoms with Crippen molar-refractivity contribution in [1.29, 1.82) is 0 Å². The third-order valence-electron chi connectivity index (χ3n) is 5.57. The van der Waals surface area contributed by atoms with Crippen LogP contribution in [0.2, 0.25) is 5.02 Å². The van der Waals surface area contributed by atoms with Crippen LogP contribution in [0.3, 0.4) is 0 Å². The minimum absolute atomic E-state index is 0.340. The van der Waals surface area contributed by atoms with Crippen LogP contribution in [-0.4, -0.2) is 72.3 Å². The number of benzene rings is 2. The maximum atomic E-state index is 9.55. The number of piperazine rings is 1. The summed E-state index contributed by atoms with van der Waals surface area (Å²) in [5.41, 5.74) is 2.71. The van der Waals surface area contributed by atoms with Crippen molar-refractivity contribution in [2.45, 2.75) is 22.3 Å². The summed E-state index contributed by atoms with van der Waals surface area (Å²) >= 11 is 8.25.